The second-order valence-corrected chi connectivity index (χ2v) is 8.03. The van der Waals surface area contributed by atoms with Crippen LogP contribution in [0.25, 0.3) is 11.2 Å². The molecule has 6 N–H and O–H groups in total. The smallest absolute Gasteiger partial charge is 0.382 e. The summed E-state index contributed by atoms with van der Waals surface area (Å²) in [5, 5.41) is -0.0806. The van der Waals surface area contributed by atoms with Crippen molar-refractivity contribution in [1.82, 2.24) is 19.5 Å². The number of nitrogens with two attached hydrogens (primary N) is 1. The monoisotopic (exact) mass is 431 g/mol. The molecule has 13 nitrogen and oxygen atoms in total. The summed E-state index contributed by atoms with van der Waals surface area (Å²) in [6, 6.07) is 0. The Hall–Kier alpha value is -1.14. The maximum absolute atomic E-state index is 10.8. The molecule has 146 valence electrons. The minimum atomic E-state index is -4.74. The Labute approximate surface area is 151 Å². The number of nitrogen functional groups attached to an aromatic ring is 1. The summed E-state index contributed by atoms with van der Waals surface area (Å²) >= 11 is 5.76. The minimum absolute atomic E-state index is 0.0806. The van der Waals surface area contributed by atoms with E-state index in [1.54, 1.807) is 4.57 Å². The van der Waals surface area contributed by atoms with Crippen LogP contribution < -0.4 is 5.73 Å². The Bertz CT molecular complexity index is 840. The van der Waals surface area contributed by atoms with Crippen molar-refractivity contribution in [2.75, 3.05) is 18.9 Å². The number of hydrogen-bond donors (Lipinski definition) is 5. The summed E-state index contributed by atoms with van der Waals surface area (Å²) in [6.07, 6.45) is 1.59. The highest BCUT2D eigenvalue weighted by atomic mass is 35.5. The molecule has 2 aromatic heterocycles. The Kier molecular flexibility index (Phi) is 6.72. The van der Waals surface area contributed by atoms with Crippen molar-refractivity contribution in [1.29, 1.82) is 0 Å². The number of aromatic nitrogens is 4. The Balaban J connectivity index is 2.10. The van der Waals surface area contributed by atoms with E-state index in [4.69, 9.17) is 36.9 Å². The number of imidazole rings is 1. The summed E-state index contributed by atoms with van der Waals surface area (Å²) in [5.74, 6) is -0.646. The van der Waals surface area contributed by atoms with Gasteiger partial charge in [0.1, 0.15) is 5.52 Å². The van der Waals surface area contributed by atoms with Gasteiger partial charge in [-0.1, -0.05) is 0 Å². The predicted molar refractivity (Wildman–Crippen MR) is 88.8 cm³/mol. The molecule has 0 aliphatic carbocycles. The van der Waals surface area contributed by atoms with Crippen molar-refractivity contribution in [2.45, 2.75) is 13.0 Å². The summed E-state index contributed by atoms with van der Waals surface area (Å²) in [4.78, 5) is 47.0. The van der Waals surface area contributed by atoms with Gasteiger partial charge in [-0.05, 0) is 18.0 Å². The minimum Gasteiger partial charge on any atom is -0.382 e. The van der Waals surface area contributed by atoms with Gasteiger partial charge >= 0.3 is 15.6 Å². The molecular weight excluding hydrogens is 416 g/mol. The Morgan fingerprint density at radius 3 is 2.27 bits per heavy atom. The van der Waals surface area contributed by atoms with Crippen LogP contribution in [0.1, 0.15) is 6.42 Å². The molecule has 2 rings (SSSR count). The lowest BCUT2D eigenvalue weighted by molar-refractivity contribution is 0.112. The molecule has 0 atom stereocenters. The quantitative estimate of drug-likeness (QED) is 0.268. The summed E-state index contributed by atoms with van der Waals surface area (Å²) in [6.45, 7) is -0.743. The summed E-state index contributed by atoms with van der Waals surface area (Å²) < 4.78 is 32.0. The molecule has 0 fully saturated rings. The molecule has 0 bridgehead atoms. The number of hydrogen-bond acceptors (Lipinski definition) is 8. The highest BCUT2D eigenvalue weighted by Gasteiger charge is 2.23. The van der Waals surface area contributed by atoms with Gasteiger partial charge in [0.25, 0.3) is 0 Å². The Morgan fingerprint density at radius 2 is 1.73 bits per heavy atom. The molecule has 2 heterocycles. The first-order valence-electron chi connectivity index (χ1n) is 6.98. The van der Waals surface area contributed by atoms with E-state index in [9.17, 15) is 9.13 Å². The van der Waals surface area contributed by atoms with Crippen molar-refractivity contribution in [3.8, 4) is 0 Å². The third-order valence-electron chi connectivity index (χ3n) is 3.20. The number of nitrogens with zero attached hydrogens (tertiary/aromatic N) is 4. The zero-order valence-corrected chi connectivity index (χ0v) is 15.6. The number of halogens is 1. The molecule has 16 heteroatoms. The molecule has 0 aromatic carbocycles. The van der Waals surface area contributed by atoms with E-state index in [0.29, 0.717) is 11.2 Å². The number of phosphoric acid groups is 2. The van der Waals surface area contributed by atoms with Gasteiger partial charge in [0.2, 0.25) is 5.28 Å². The third kappa shape index (κ3) is 6.54. The van der Waals surface area contributed by atoms with E-state index in [1.807, 2.05) is 0 Å². The third-order valence-corrected chi connectivity index (χ3v) is 4.34. The SMILES string of the molecule is Nc1nc(Cl)nc2c1ncn2CCC(COP(=O)(O)O)COP(=O)(O)O. The molecule has 0 amide bonds. The number of fused-ring (bicyclic) bond motifs is 1. The number of aryl methyl sites for hydroxylation is 1. The first-order chi connectivity index (χ1) is 11.9. The normalized spacial score (nSPS) is 13.0. The van der Waals surface area contributed by atoms with Gasteiger partial charge in [0.05, 0.1) is 19.5 Å². The van der Waals surface area contributed by atoms with E-state index in [0.717, 1.165) is 0 Å². The first-order valence-corrected chi connectivity index (χ1v) is 10.4. The maximum atomic E-state index is 10.8. The van der Waals surface area contributed by atoms with E-state index in [2.05, 4.69) is 24.0 Å². The zero-order chi connectivity index (χ0) is 19.5. The second kappa shape index (κ2) is 8.26. The molecule has 0 spiro atoms. The molecule has 0 radical (unpaired) electrons. The molecule has 0 aliphatic heterocycles. The van der Waals surface area contributed by atoms with Crippen LogP contribution in [0.4, 0.5) is 5.82 Å². The van der Waals surface area contributed by atoms with Gasteiger partial charge in [-0.2, -0.15) is 9.97 Å². The molecule has 2 aromatic rings. The second-order valence-electron chi connectivity index (χ2n) is 5.22. The predicted octanol–water partition coefficient (Wildman–Crippen LogP) is 0.287. The molecular formula is C10H16ClN5O8P2. The Morgan fingerprint density at radius 1 is 1.15 bits per heavy atom. The van der Waals surface area contributed by atoms with Crippen LogP contribution >= 0.6 is 27.2 Å². The lowest BCUT2D eigenvalue weighted by Gasteiger charge is -2.18. The first kappa shape index (κ1) is 21.2. The van der Waals surface area contributed by atoms with Crippen LogP contribution in [-0.4, -0.2) is 52.3 Å². The van der Waals surface area contributed by atoms with E-state index >= 15 is 0 Å². The molecule has 0 saturated carbocycles. The van der Waals surface area contributed by atoms with Crippen LogP contribution in [0.2, 0.25) is 5.28 Å². The van der Waals surface area contributed by atoms with Crippen LogP contribution in [-0.2, 0) is 24.7 Å². The van der Waals surface area contributed by atoms with Gasteiger partial charge in [-0.25, -0.2) is 14.1 Å². The van der Waals surface area contributed by atoms with Crippen molar-refractivity contribution < 1.29 is 37.8 Å². The van der Waals surface area contributed by atoms with Crippen LogP contribution in [0.5, 0.6) is 0 Å². The van der Waals surface area contributed by atoms with Crippen LogP contribution in [0, 0.1) is 5.92 Å². The zero-order valence-electron chi connectivity index (χ0n) is 13.0. The van der Waals surface area contributed by atoms with E-state index in [-0.39, 0.29) is 24.1 Å². The van der Waals surface area contributed by atoms with Gasteiger partial charge in [-0.3, -0.25) is 9.05 Å². The fourth-order valence-electron chi connectivity index (χ4n) is 2.04. The number of anilines is 1. The molecule has 0 saturated heterocycles. The largest absolute Gasteiger partial charge is 0.469 e. The number of rotatable bonds is 9. The number of phosphoric ester groups is 2. The van der Waals surface area contributed by atoms with Gasteiger partial charge in [-0.15, -0.1) is 0 Å². The molecule has 26 heavy (non-hydrogen) atoms. The van der Waals surface area contributed by atoms with Crippen molar-refractivity contribution in [3.05, 3.63) is 11.6 Å². The summed E-state index contributed by atoms with van der Waals surface area (Å²) in [7, 11) is -9.49. The fraction of sp³-hybridized carbons (Fsp3) is 0.500. The van der Waals surface area contributed by atoms with Crippen molar-refractivity contribution >= 4 is 44.2 Å². The maximum Gasteiger partial charge on any atom is 0.469 e. The standard InChI is InChI=1S/C10H16ClN5O8P2/c11-10-14-8(12)7-9(15-10)16(5-13-7)2-1-6(3-23-25(17,18)19)4-24-26(20,21)22/h5-6H,1-4H2,(H2,12,14,15)(H2,17,18,19)(H2,20,21,22). The topological polar surface area (TPSA) is 203 Å². The summed E-state index contributed by atoms with van der Waals surface area (Å²) in [5.41, 5.74) is 6.36. The average molecular weight is 432 g/mol. The highest BCUT2D eigenvalue weighted by Crippen LogP contribution is 2.39. The highest BCUT2D eigenvalue weighted by molar-refractivity contribution is 7.46. The lowest BCUT2D eigenvalue weighted by atomic mass is 10.1. The van der Waals surface area contributed by atoms with E-state index in [1.165, 1.54) is 6.33 Å². The van der Waals surface area contributed by atoms with Gasteiger partial charge in [0.15, 0.2) is 11.5 Å². The lowest BCUT2D eigenvalue weighted by Crippen LogP contribution is -2.17. The van der Waals surface area contributed by atoms with Crippen molar-refractivity contribution in [2.24, 2.45) is 5.92 Å². The molecule has 0 aliphatic rings. The van der Waals surface area contributed by atoms with Crippen molar-refractivity contribution in [3.63, 3.8) is 0 Å². The van der Waals surface area contributed by atoms with Gasteiger partial charge < -0.3 is 29.9 Å². The van der Waals surface area contributed by atoms with Gasteiger partial charge in [0, 0.05) is 12.5 Å². The van der Waals surface area contributed by atoms with Crippen LogP contribution in [0.15, 0.2) is 6.33 Å². The van der Waals surface area contributed by atoms with Crippen LogP contribution in [0.3, 0.4) is 0 Å². The molecule has 0 unspecified atom stereocenters. The average Bonchev–Trinajstić information content (AvgIpc) is 2.87. The fourth-order valence-corrected chi connectivity index (χ4v) is 3.02. The van der Waals surface area contributed by atoms with E-state index < -0.39 is 34.8 Å².